The Bertz CT molecular complexity index is 789. The molecule has 25 heavy (non-hydrogen) atoms. The number of aromatic nitrogens is 2. The SMILES string of the molecule is CN(CCc1ccccn1)C(=O)c1ccc(OCc2cscn2)cc1. The molecule has 2 aromatic heterocycles. The zero-order valence-electron chi connectivity index (χ0n) is 14.0. The highest BCUT2D eigenvalue weighted by Gasteiger charge is 2.12. The Labute approximate surface area is 150 Å². The van der Waals surface area contributed by atoms with Crippen LogP contribution in [0, 0.1) is 0 Å². The summed E-state index contributed by atoms with van der Waals surface area (Å²) in [5.41, 5.74) is 4.30. The molecule has 3 rings (SSSR count). The van der Waals surface area contributed by atoms with Crippen LogP contribution in [0.2, 0.25) is 0 Å². The van der Waals surface area contributed by atoms with E-state index in [4.69, 9.17) is 4.74 Å². The van der Waals surface area contributed by atoms with E-state index in [9.17, 15) is 4.79 Å². The molecule has 0 aliphatic rings. The van der Waals surface area contributed by atoms with Crippen LogP contribution in [0.25, 0.3) is 0 Å². The van der Waals surface area contributed by atoms with Gasteiger partial charge >= 0.3 is 0 Å². The van der Waals surface area contributed by atoms with Gasteiger partial charge < -0.3 is 9.64 Å². The molecular formula is C19H19N3O2S. The van der Waals surface area contributed by atoms with Gasteiger partial charge in [-0.25, -0.2) is 4.98 Å². The highest BCUT2D eigenvalue weighted by atomic mass is 32.1. The lowest BCUT2D eigenvalue weighted by atomic mass is 10.2. The van der Waals surface area contributed by atoms with E-state index in [1.165, 1.54) is 0 Å². The quantitative estimate of drug-likeness (QED) is 0.653. The summed E-state index contributed by atoms with van der Waals surface area (Å²) >= 11 is 1.54. The number of rotatable bonds is 7. The first-order chi connectivity index (χ1) is 12.2. The number of hydrogen-bond donors (Lipinski definition) is 0. The molecule has 0 unspecified atom stereocenters. The van der Waals surface area contributed by atoms with Crippen molar-refractivity contribution in [3.05, 3.63) is 76.5 Å². The maximum Gasteiger partial charge on any atom is 0.253 e. The number of benzene rings is 1. The summed E-state index contributed by atoms with van der Waals surface area (Å²) < 4.78 is 5.66. The number of pyridine rings is 1. The molecule has 0 saturated carbocycles. The Kier molecular flexibility index (Phi) is 5.74. The molecule has 128 valence electrons. The Morgan fingerprint density at radius 1 is 1.12 bits per heavy atom. The molecule has 0 atom stereocenters. The fourth-order valence-corrected chi connectivity index (χ4v) is 2.85. The van der Waals surface area contributed by atoms with Crippen molar-refractivity contribution in [3.63, 3.8) is 0 Å². The van der Waals surface area contributed by atoms with Crippen LogP contribution in [0.4, 0.5) is 0 Å². The molecule has 2 heterocycles. The van der Waals surface area contributed by atoms with Crippen LogP contribution in [0.5, 0.6) is 5.75 Å². The summed E-state index contributed by atoms with van der Waals surface area (Å²) in [7, 11) is 1.80. The molecule has 0 bridgehead atoms. The number of ether oxygens (including phenoxy) is 1. The third kappa shape index (κ3) is 4.87. The zero-order valence-corrected chi connectivity index (χ0v) is 14.8. The molecule has 0 saturated heterocycles. The summed E-state index contributed by atoms with van der Waals surface area (Å²) in [4.78, 5) is 22.6. The average Bonchev–Trinajstić information content (AvgIpc) is 3.19. The van der Waals surface area contributed by atoms with Crippen LogP contribution in [0.15, 0.2) is 59.6 Å². The molecule has 1 aromatic carbocycles. The minimum Gasteiger partial charge on any atom is -0.487 e. The lowest BCUT2D eigenvalue weighted by molar-refractivity contribution is 0.0796. The van der Waals surface area contributed by atoms with E-state index < -0.39 is 0 Å². The third-order valence-corrected chi connectivity index (χ3v) is 4.38. The van der Waals surface area contributed by atoms with Crippen LogP contribution < -0.4 is 4.74 Å². The molecule has 0 N–H and O–H groups in total. The highest BCUT2D eigenvalue weighted by molar-refractivity contribution is 7.07. The fourth-order valence-electron chi connectivity index (χ4n) is 2.31. The van der Waals surface area contributed by atoms with Crippen molar-refractivity contribution in [3.8, 4) is 5.75 Å². The van der Waals surface area contributed by atoms with Crippen LogP contribution in [0.3, 0.4) is 0 Å². The van der Waals surface area contributed by atoms with Crippen LogP contribution >= 0.6 is 11.3 Å². The Morgan fingerprint density at radius 2 is 1.96 bits per heavy atom. The molecule has 1 amide bonds. The van der Waals surface area contributed by atoms with Gasteiger partial charge in [-0.05, 0) is 36.4 Å². The molecule has 5 nitrogen and oxygen atoms in total. The summed E-state index contributed by atoms with van der Waals surface area (Å²) in [6, 6.07) is 13.0. The lowest BCUT2D eigenvalue weighted by Gasteiger charge is -2.17. The largest absolute Gasteiger partial charge is 0.487 e. The van der Waals surface area contributed by atoms with E-state index in [-0.39, 0.29) is 5.91 Å². The van der Waals surface area contributed by atoms with Crippen LogP contribution in [-0.4, -0.2) is 34.4 Å². The van der Waals surface area contributed by atoms with E-state index in [1.807, 2.05) is 35.7 Å². The number of carbonyl (C=O) groups is 1. The van der Waals surface area contributed by atoms with Crippen molar-refractivity contribution in [1.29, 1.82) is 0 Å². The smallest absolute Gasteiger partial charge is 0.253 e. The normalized spacial score (nSPS) is 10.4. The van der Waals surface area contributed by atoms with Crippen molar-refractivity contribution in [2.75, 3.05) is 13.6 Å². The van der Waals surface area contributed by atoms with Gasteiger partial charge in [0.1, 0.15) is 12.4 Å². The van der Waals surface area contributed by atoms with Crippen molar-refractivity contribution < 1.29 is 9.53 Å². The molecular weight excluding hydrogens is 334 g/mol. The molecule has 3 aromatic rings. The van der Waals surface area contributed by atoms with Crippen molar-refractivity contribution >= 4 is 17.2 Å². The summed E-state index contributed by atoms with van der Waals surface area (Å²) in [5.74, 6) is 0.711. The van der Waals surface area contributed by atoms with Gasteiger partial charge in [0.2, 0.25) is 0 Å². The number of nitrogens with zero attached hydrogens (tertiary/aromatic N) is 3. The maximum atomic E-state index is 12.5. The predicted octanol–water partition coefficient (Wildman–Crippen LogP) is 3.43. The number of likely N-dealkylation sites (N-methyl/N-ethyl adjacent to an activating group) is 1. The monoisotopic (exact) mass is 353 g/mol. The van der Waals surface area contributed by atoms with Crippen LogP contribution in [-0.2, 0) is 13.0 Å². The zero-order chi connectivity index (χ0) is 17.5. The topological polar surface area (TPSA) is 55.3 Å². The Balaban J connectivity index is 1.52. The molecule has 0 aliphatic carbocycles. The second-order valence-corrected chi connectivity index (χ2v) is 6.31. The van der Waals surface area contributed by atoms with E-state index in [1.54, 1.807) is 47.1 Å². The van der Waals surface area contributed by atoms with Gasteiger partial charge in [-0.2, -0.15) is 0 Å². The standard InChI is InChI=1S/C19H19N3O2S/c1-22(11-9-16-4-2-3-10-20-16)19(23)15-5-7-18(8-6-15)24-12-17-13-25-14-21-17/h2-8,10,13-14H,9,11-12H2,1H3. The molecule has 0 aliphatic heterocycles. The first-order valence-corrected chi connectivity index (χ1v) is 8.92. The van der Waals surface area contributed by atoms with E-state index in [0.29, 0.717) is 18.7 Å². The van der Waals surface area contributed by atoms with E-state index in [0.717, 1.165) is 23.6 Å². The minimum absolute atomic E-state index is 0.0121. The van der Waals surface area contributed by atoms with Crippen molar-refractivity contribution in [2.24, 2.45) is 0 Å². The summed E-state index contributed by atoms with van der Waals surface area (Å²) in [6.07, 6.45) is 2.50. The van der Waals surface area contributed by atoms with Gasteiger partial charge in [-0.1, -0.05) is 6.07 Å². The van der Waals surface area contributed by atoms with Crippen molar-refractivity contribution in [1.82, 2.24) is 14.9 Å². The molecule has 0 radical (unpaired) electrons. The number of thiazole rings is 1. The lowest BCUT2D eigenvalue weighted by Crippen LogP contribution is -2.28. The maximum absolute atomic E-state index is 12.5. The van der Waals surface area contributed by atoms with E-state index in [2.05, 4.69) is 9.97 Å². The second-order valence-electron chi connectivity index (χ2n) is 5.59. The Morgan fingerprint density at radius 3 is 2.64 bits per heavy atom. The van der Waals surface area contributed by atoms with Crippen molar-refractivity contribution in [2.45, 2.75) is 13.0 Å². The van der Waals surface area contributed by atoms with Gasteiger partial charge in [0, 0.05) is 42.8 Å². The van der Waals surface area contributed by atoms with Gasteiger partial charge in [0.15, 0.2) is 0 Å². The molecule has 0 fully saturated rings. The fraction of sp³-hybridized carbons (Fsp3) is 0.211. The third-order valence-electron chi connectivity index (χ3n) is 3.75. The van der Waals surface area contributed by atoms with Gasteiger partial charge in [0.25, 0.3) is 5.91 Å². The van der Waals surface area contributed by atoms with Crippen LogP contribution in [0.1, 0.15) is 21.7 Å². The summed E-state index contributed by atoms with van der Waals surface area (Å²) in [6.45, 7) is 1.05. The first-order valence-electron chi connectivity index (χ1n) is 7.97. The van der Waals surface area contributed by atoms with E-state index >= 15 is 0 Å². The first kappa shape index (κ1) is 17.1. The second kappa shape index (κ2) is 8.39. The number of amides is 1. The average molecular weight is 353 g/mol. The molecule has 0 spiro atoms. The number of carbonyl (C=O) groups excluding carboxylic acids is 1. The predicted molar refractivity (Wildman–Crippen MR) is 97.8 cm³/mol. The molecule has 6 heteroatoms. The van der Waals surface area contributed by atoms with Gasteiger partial charge in [0.05, 0.1) is 11.2 Å². The Hall–Kier alpha value is -2.73. The number of hydrogen-bond acceptors (Lipinski definition) is 5. The summed E-state index contributed by atoms with van der Waals surface area (Å²) in [5, 5.41) is 1.95. The van der Waals surface area contributed by atoms with Gasteiger partial charge in [-0.3, -0.25) is 9.78 Å². The van der Waals surface area contributed by atoms with Gasteiger partial charge in [-0.15, -0.1) is 11.3 Å². The highest BCUT2D eigenvalue weighted by Crippen LogP contribution is 2.15. The minimum atomic E-state index is -0.0121.